The van der Waals surface area contributed by atoms with E-state index in [1.54, 1.807) is 13.2 Å². The van der Waals surface area contributed by atoms with Gasteiger partial charge in [0.2, 0.25) is 0 Å². The van der Waals surface area contributed by atoms with E-state index in [1.807, 2.05) is 24.3 Å². The van der Waals surface area contributed by atoms with Gasteiger partial charge in [-0.05, 0) is 17.7 Å². The van der Waals surface area contributed by atoms with Crippen LogP contribution in [-0.4, -0.2) is 15.7 Å². The van der Waals surface area contributed by atoms with Crippen LogP contribution >= 0.6 is 15.9 Å². The van der Waals surface area contributed by atoms with Crippen LogP contribution in [0.4, 0.5) is 5.69 Å². The Hall–Kier alpha value is -1.82. The molecule has 0 atom stereocenters. The highest BCUT2D eigenvalue weighted by atomic mass is 79.9. The van der Waals surface area contributed by atoms with Crippen molar-refractivity contribution >= 4 is 27.5 Å². The van der Waals surface area contributed by atoms with Crippen molar-refractivity contribution in [3.63, 3.8) is 0 Å². The summed E-state index contributed by atoms with van der Waals surface area (Å²) in [6, 6.07) is 7.73. The molecule has 0 saturated heterocycles. The molecule has 0 fully saturated rings. The van der Waals surface area contributed by atoms with Crippen molar-refractivity contribution in [2.75, 3.05) is 5.73 Å². The van der Waals surface area contributed by atoms with E-state index in [0.717, 1.165) is 10.0 Å². The van der Waals surface area contributed by atoms with Gasteiger partial charge in [0.25, 0.3) is 5.91 Å². The Labute approximate surface area is 113 Å². The van der Waals surface area contributed by atoms with Crippen molar-refractivity contribution in [2.24, 2.45) is 7.05 Å². The molecule has 0 unspecified atom stereocenters. The first-order chi connectivity index (χ1) is 8.56. The van der Waals surface area contributed by atoms with Gasteiger partial charge in [-0.2, -0.15) is 5.10 Å². The number of hydrogen-bond acceptors (Lipinski definition) is 3. The number of aryl methyl sites for hydroxylation is 1. The van der Waals surface area contributed by atoms with Crippen LogP contribution in [0.2, 0.25) is 0 Å². The molecule has 94 valence electrons. The molecular formula is C12H13BrN4O. The van der Waals surface area contributed by atoms with Crippen molar-refractivity contribution in [3.05, 3.63) is 46.2 Å². The summed E-state index contributed by atoms with van der Waals surface area (Å²) in [5.41, 5.74) is 7.33. The number of nitrogens with one attached hydrogen (secondary N) is 1. The summed E-state index contributed by atoms with van der Waals surface area (Å²) in [6.07, 6.45) is 1.61. The molecule has 0 aliphatic rings. The predicted molar refractivity (Wildman–Crippen MR) is 72.9 cm³/mol. The van der Waals surface area contributed by atoms with Crippen molar-refractivity contribution < 1.29 is 4.79 Å². The Balaban J connectivity index is 2.03. The highest BCUT2D eigenvalue weighted by Gasteiger charge is 2.13. The van der Waals surface area contributed by atoms with Crippen molar-refractivity contribution in [3.8, 4) is 0 Å². The molecule has 2 rings (SSSR count). The zero-order valence-corrected chi connectivity index (χ0v) is 11.4. The third-order valence-electron chi connectivity index (χ3n) is 2.41. The Morgan fingerprint density at radius 3 is 2.94 bits per heavy atom. The van der Waals surface area contributed by atoms with Crippen LogP contribution in [-0.2, 0) is 13.6 Å². The van der Waals surface area contributed by atoms with Crippen LogP contribution in [0.15, 0.2) is 34.9 Å². The minimum Gasteiger partial charge on any atom is -0.396 e. The van der Waals surface area contributed by atoms with E-state index < -0.39 is 0 Å². The third-order valence-corrected chi connectivity index (χ3v) is 2.91. The Morgan fingerprint density at radius 1 is 1.56 bits per heavy atom. The lowest BCUT2D eigenvalue weighted by Crippen LogP contribution is -2.24. The first kappa shape index (κ1) is 12.6. The number of carbonyl (C=O) groups excluding carboxylic acids is 1. The molecule has 6 heteroatoms. The van der Waals surface area contributed by atoms with Crippen LogP contribution in [0, 0.1) is 0 Å². The summed E-state index contributed by atoms with van der Waals surface area (Å²) in [5, 5.41) is 6.79. The van der Waals surface area contributed by atoms with E-state index >= 15 is 0 Å². The molecular weight excluding hydrogens is 296 g/mol. The van der Waals surface area contributed by atoms with E-state index in [4.69, 9.17) is 5.73 Å². The van der Waals surface area contributed by atoms with Crippen molar-refractivity contribution in [1.82, 2.24) is 15.1 Å². The van der Waals surface area contributed by atoms with Gasteiger partial charge in [-0.3, -0.25) is 9.48 Å². The maximum atomic E-state index is 11.9. The monoisotopic (exact) mass is 308 g/mol. The van der Waals surface area contributed by atoms with Gasteiger partial charge in [-0.15, -0.1) is 0 Å². The molecule has 0 bridgehead atoms. The Morgan fingerprint density at radius 2 is 2.33 bits per heavy atom. The number of nitrogen functional groups attached to an aromatic ring is 1. The standard InChI is InChI=1S/C12H13BrN4O/c1-17-7-10(14)11(16-17)12(18)15-6-8-3-2-4-9(13)5-8/h2-5,7H,6,14H2,1H3,(H,15,18). The van der Waals surface area contributed by atoms with E-state index in [9.17, 15) is 4.79 Å². The summed E-state index contributed by atoms with van der Waals surface area (Å²) in [5.74, 6) is -0.270. The van der Waals surface area contributed by atoms with Crippen molar-refractivity contribution in [2.45, 2.75) is 6.54 Å². The van der Waals surface area contributed by atoms with Crippen LogP contribution in [0.1, 0.15) is 16.1 Å². The molecule has 3 N–H and O–H groups in total. The number of nitrogens with zero attached hydrogens (tertiary/aromatic N) is 2. The van der Waals surface area contributed by atoms with Gasteiger partial charge in [0.1, 0.15) is 0 Å². The minimum absolute atomic E-state index is 0.257. The molecule has 18 heavy (non-hydrogen) atoms. The first-order valence-corrected chi connectivity index (χ1v) is 6.17. The van der Waals surface area contributed by atoms with Gasteiger partial charge < -0.3 is 11.1 Å². The summed E-state index contributed by atoms with van der Waals surface area (Å²) >= 11 is 3.38. The third kappa shape index (κ3) is 2.89. The number of benzene rings is 1. The van der Waals surface area contributed by atoms with E-state index in [-0.39, 0.29) is 11.6 Å². The molecule has 0 aliphatic heterocycles. The topological polar surface area (TPSA) is 72.9 Å². The first-order valence-electron chi connectivity index (χ1n) is 5.38. The lowest BCUT2D eigenvalue weighted by molar-refractivity contribution is 0.0946. The van der Waals surface area contributed by atoms with E-state index in [2.05, 4.69) is 26.3 Å². The van der Waals surface area contributed by atoms with Crippen molar-refractivity contribution in [1.29, 1.82) is 0 Å². The summed E-state index contributed by atoms with van der Waals surface area (Å²) in [6.45, 7) is 0.439. The normalized spacial score (nSPS) is 10.3. The second-order valence-corrected chi connectivity index (χ2v) is 4.83. The molecule has 0 aliphatic carbocycles. The predicted octanol–water partition coefficient (Wildman–Crippen LogP) is 1.69. The maximum Gasteiger partial charge on any atom is 0.274 e. The zero-order chi connectivity index (χ0) is 13.1. The molecule has 1 amide bonds. The highest BCUT2D eigenvalue weighted by Crippen LogP contribution is 2.12. The quantitative estimate of drug-likeness (QED) is 0.906. The van der Waals surface area contributed by atoms with Gasteiger partial charge in [0, 0.05) is 24.3 Å². The number of hydrogen-bond donors (Lipinski definition) is 2. The molecule has 1 aromatic heterocycles. The van der Waals surface area contributed by atoms with E-state index in [0.29, 0.717) is 12.2 Å². The van der Waals surface area contributed by atoms with Gasteiger partial charge >= 0.3 is 0 Å². The van der Waals surface area contributed by atoms with E-state index in [1.165, 1.54) is 4.68 Å². The molecule has 0 saturated carbocycles. The number of nitrogens with two attached hydrogens (primary N) is 1. The van der Waals surface area contributed by atoms with Crippen LogP contribution in [0.5, 0.6) is 0 Å². The maximum absolute atomic E-state index is 11.9. The molecule has 1 heterocycles. The number of anilines is 1. The van der Waals surface area contributed by atoms with Gasteiger partial charge in [-0.25, -0.2) is 0 Å². The lowest BCUT2D eigenvalue weighted by atomic mass is 10.2. The van der Waals surface area contributed by atoms with Gasteiger partial charge in [0.15, 0.2) is 5.69 Å². The van der Waals surface area contributed by atoms with Crippen LogP contribution in [0.3, 0.4) is 0 Å². The summed E-state index contributed by atoms with van der Waals surface area (Å²) in [4.78, 5) is 11.9. The van der Waals surface area contributed by atoms with Gasteiger partial charge in [0.05, 0.1) is 5.69 Å². The fourth-order valence-electron chi connectivity index (χ4n) is 1.60. The largest absolute Gasteiger partial charge is 0.396 e. The summed E-state index contributed by atoms with van der Waals surface area (Å²) in [7, 11) is 1.72. The van der Waals surface area contributed by atoms with Crippen LogP contribution in [0.25, 0.3) is 0 Å². The lowest BCUT2D eigenvalue weighted by Gasteiger charge is -2.04. The van der Waals surface area contributed by atoms with Crippen LogP contribution < -0.4 is 11.1 Å². The molecule has 1 aromatic carbocycles. The summed E-state index contributed by atoms with van der Waals surface area (Å²) < 4.78 is 2.50. The molecule has 0 spiro atoms. The fraction of sp³-hybridized carbons (Fsp3) is 0.167. The minimum atomic E-state index is -0.270. The average Bonchev–Trinajstić information content (AvgIpc) is 2.66. The second-order valence-electron chi connectivity index (χ2n) is 3.92. The molecule has 0 radical (unpaired) electrons. The number of halogens is 1. The fourth-order valence-corrected chi connectivity index (χ4v) is 2.04. The number of rotatable bonds is 3. The number of carbonyl (C=O) groups is 1. The molecule has 5 nitrogen and oxygen atoms in total. The number of amides is 1. The zero-order valence-electron chi connectivity index (χ0n) is 9.85. The average molecular weight is 309 g/mol. The SMILES string of the molecule is Cn1cc(N)c(C(=O)NCc2cccc(Br)c2)n1. The molecule has 2 aromatic rings. The number of aromatic nitrogens is 2. The Kier molecular flexibility index (Phi) is 3.66. The van der Waals surface area contributed by atoms with Gasteiger partial charge in [-0.1, -0.05) is 28.1 Å². The highest BCUT2D eigenvalue weighted by molar-refractivity contribution is 9.10. The Bertz CT molecular complexity index is 579. The smallest absolute Gasteiger partial charge is 0.274 e. The second kappa shape index (κ2) is 5.22.